The molecule has 1 amide bonds. The summed E-state index contributed by atoms with van der Waals surface area (Å²) in [5.41, 5.74) is 4.22. The zero-order chi connectivity index (χ0) is 14.9. The Morgan fingerprint density at radius 3 is 2.73 bits per heavy atom. The van der Waals surface area contributed by atoms with Gasteiger partial charge in [-0.2, -0.15) is 0 Å². The maximum absolute atomic E-state index is 12.7. The van der Waals surface area contributed by atoms with Gasteiger partial charge in [0.05, 0.1) is 5.56 Å². The molecule has 3 heterocycles. The van der Waals surface area contributed by atoms with Crippen molar-refractivity contribution in [1.29, 1.82) is 0 Å². The lowest BCUT2D eigenvalue weighted by Crippen LogP contribution is -2.29. The first kappa shape index (κ1) is 13.3. The highest BCUT2D eigenvalue weighted by molar-refractivity contribution is 6.07. The van der Waals surface area contributed by atoms with Gasteiger partial charge < -0.3 is 9.80 Å². The Morgan fingerprint density at radius 1 is 1.09 bits per heavy atom. The third-order valence-electron chi connectivity index (χ3n) is 4.59. The van der Waals surface area contributed by atoms with Crippen LogP contribution in [-0.4, -0.2) is 30.5 Å². The molecule has 1 saturated heterocycles. The molecule has 2 aliphatic heterocycles. The van der Waals surface area contributed by atoms with E-state index in [0.29, 0.717) is 5.56 Å². The Morgan fingerprint density at radius 2 is 1.95 bits per heavy atom. The van der Waals surface area contributed by atoms with Gasteiger partial charge >= 0.3 is 0 Å². The molecule has 4 heteroatoms. The molecule has 0 bridgehead atoms. The Balaban J connectivity index is 1.66. The van der Waals surface area contributed by atoms with Crippen molar-refractivity contribution in [3.8, 4) is 0 Å². The molecular formula is C18H19N3O. The molecule has 1 fully saturated rings. The van der Waals surface area contributed by atoms with Gasteiger partial charge in [-0.05, 0) is 49.1 Å². The summed E-state index contributed by atoms with van der Waals surface area (Å²) in [5.74, 6) is 0.0467. The van der Waals surface area contributed by atoms with E-state index in [-0.39, 0.29) is 5.91 Å². The van der Waals surface area contributed by atoms with Crippen LogP contribution < -0.4 is 9.80 Å². The zero-order valence-corrected chi connectivity index (χ0v) is 12.5. The van der Waals surface area contributed by atoms with Crippen molar-refractivity contribution in [3.63, 3.8) is 0 Å². The summed E-state index contributed by atoms with van der Waals surface area (Å²) in [4.78, 5) is 21.1. The Hall–Kier alpha value is -2.36. The predicted octanol–water partition coefficient (Wildman–Crippen LogP) is 2.88. The third kappa shape index (κ3) is 2.25. The maximum atomic E-state index is 12.7. The van der Waals surface area contributed by atoms with Gasteiger partial charge in [0.2, 0.25) is 0 Å². The highest BCUT2D eigenvalue weighted by Gasteiger charge is 2.26. The third-order valence-corrected chi connectivity index (χ3v) is 4.59. The minimum atomic E-state index is 0.0467. The van der Waals surface area contributed by atoms with E-state index in [1.807, 2.05) is 17.0 Å². The number of carbonyl (C=O) groups is 1. The standard InChI is InChI=1S/C18H19N3O/c22-18(15-4-3-8-19-13-15)21-11-7-14-5-6-16(12-17(14)21)20-9-1-2-10-20/h3-6,8,12-13H,1-2,7,9-11H2. The number of pyridine rings is 1. The van der Waals surface area contributed by atoms with E-state index in [2.05, 4.69) is 28.1 Å². The SMILES string of the molecule is O=C(c1cccnc1)N1CCc2ccc(N3CCCC3)cc21. The molecule has 4 nitrogen and oxygen atoms in total. The minimum Gasteiger partial charge on any atom is -0.371 e. The lowest BCUT2D eigenvalue weighted by Gasteiger charge is -2.22. The van der Waals surface area contributed by atoms with Crippen LogP contribution in [0.4, 0.5) is 11.4 Å². The number of anilines is 2. The van der Waals surface area contributed by atoms with Crippen LogP contribution >= 0.6 is 0 Å². The average molecular weight is 293 g/mol. The van der Waals surface area contributed by atoms with Crippen LogP contribution in [-0.2, 0) is 6.42 Å². The highest BCUT2D eigenvalue weighted by Crippen LogP contribution is 2.34. The number of benzene rings is 1. The Bertz CT molecular complexity index is 693. The molecule has 0 aliphatic carbocycles. The maximum Gasteiger partial charge on any atom is 0.259 e. The zero-order valence-electron chi connectivity index (χ0n) is 12.5. The van der Waals surface area contributed by atoms with Gasteiger partial charge in [0, 0.05) is 43.4 Å². The number of hydrogen-bond donors (Lipinski definition) is 0. The van der Waals surface area contributed by atoms with Gasteiger partial charge in [-0.3, -0.25) is 9.78 Å². The van der Waals surface area contributed by atoms with E-state index < -0.39 is 0 Å². The fourth-order valence-electron chi connectivity index (χ4n) is 3.40. The van der Waals surface area contributed by atoms with Crippen LogP contribution in [0.25, 0.3) is 0 Å². The van der Waals surface area contributed by atoms with Gasteiger partial charge in [0.15, 0.2) is 0 Å². The second kappa shape index (κ2) is 5.44. The molecule has 1 aromatic carbocycles. The molecule has 0 unspecified atom stereocenters. The lowest BCUT2D eigenvalue weighted by atomic mass is 10.1. The van der Waals surface area contributed by atoms with Crippen molar-refractivity contribution in [2.75, 3.05) is 29.4 Å². The quantitative estimate of drug-likeness (QED) is 0.854. The van der Waals surface area contributed by atoms with Crippen molar-refractivity contribution < 1.29 is 4.79 Å². The van der Waals surface area contributed by atoms with Crippen LogP contribution in [0.2, 0.25) is 0 Å². The molecule has 0 radical (unpaired) electrons. The minimum absolute atomic E-state index is 0.0467. The van der Waals surface area contributed by atoms with Crippen molar-refractivity contribution in [3.05, 3.63) is 53.9 Å². The molecule has 1 aromatic heterocycles. The Labute approximate surface area is 130 Å². The van der Waals surface area contributed by atoms with Gasteiger partial charge in [0.25, 0.3) is 5.91 Å². The normalized spacial score (nSPS) is 16.9. The highest BCUT2D eigenvalue weighted by atomic mass is 16.2. The number of nitrogens with zero attached hydrogens (tertiary/aromatic N) is 3. The second-order valence-corrected chi connectivity index (χ2v) is 5.96. The molecule has 112 valence electrons. The summed E-state index contributed by atoms with van der Waals surface area (Å²) in [6, 6.07) is 10.2. The molecular weight excluding hydrogens is 274 g/mol. The number of rotatable bonds is 2. The molecule has 4 rings (SSSR count). The van der Waals surface area contributed by atoms with E-state index in [1.165, 1.54) is 24.1 Å². The summed E-state index contributed by atoms with van der Waals surface area (Å²) in [6.45, 7) is 3.00. The fourth-order valence-corrected chi connectivity index (χ4v) is 3.40. The van der Waals surface area contributed by atoms with Crippen LogP contribution in [0.5, 0.6) is 0 Å². The van der Waals surface area contributed by atoms with Crippen molar-refractivity contribution in [1.82, 2.24) is 4.98 Å². The number of hydrogen-bond acceptors (Lipinski definition) is 3. The molecule has 0 spiro atoms. The van der Waals surface area contributed by atoms with Gasteiger partial charge in [-0.15, -0.1) is 0 Å². The first-order valence-corrected chi connectivity index (χ1v) is 7.93. The molecule has 2 aliphatic rings. The van der Waals surface area contributed by atoms with Gasteiger partial charge in [-0.25, -0.2) is 0 Å². The van der Waals surface area contributed by atoms with E-state index in [0.717, 1.165) is 31.7 Å². The predicted molar refractivity (Wildman–Crippen MR) is 87.5 cm³/mol. The lowest BCUT2D eigenvalue weighted by molar-refractivity contribution is 0.0989. The van der Waals surface area contributed by atoms with Crippen molar-refractivity contribution >= 4 is 17.3 Å². The number of fused-ring (bicyclic) bond motifs is 1. The van der Waals surface area contributed by atoms with Crippen LogP contribution in [0.15, 0.2) is 42.7 Å². The average Bonchev–Trinajstić information content (AvgIpc) is 3.24. The van der Waals surface area contributed by atoms with Crippen molar-refractivity contribution in [2.45, 2.75) is 19.3 Å². The fraction of sp³-hybridized carbons (Fsp3) is 0.333. The number of aromatic nitrogens is 1. The largest absolute Gasteiger partial charge is 0.371 e. The summed E-state index contributed by atoms with van der Waals surface area (Å²) >= 11 is 0. The first-order chi connectivity index (χ1) is 10.8. The summed E-state index contributed by atoms with van der Waals surface area (Å²) in [5, 5.41) is 0. The van der Waals surface area contributed by atoms with Crippen LogP contribution in [0, 0.1) is 0 Å². The van der Waals surface area contributed by atoms with Crippen LogP contribution in [0.3, 0.4) is 0 Å². The number of amides is 1. The summed E-state index contributed by atoms with van der Waals surface area (Å²) in [7, 11) is 0. The van der Waals surface area contributed by atoms with Crippen LogP contribution in [0.1, 0.15) is 28.8 Å². The molecule has 2 aromatic rings. The monoisotopic (exact) mass is 293 g/mol. The molecule has 0 N–H and O–H groups in total. The first-order valence-electron chi connectivity index (χ1n) is 7.93. The summed E-state index contributed by atoms with van der Waals surface area (Å²) in [6.07, 6.45) is 6.79. The van der Waals surface area contributed by atoms with E-state index in [9.17, 15) is 4.79 Å². The van der Waals surface area contributed by atoms with E-state index in [4.69, 9.17) is 0 Å². The molecule has 0 saturated carbocycles. The smallest absolute Gasteiger partial charge is 0.259 e. The van der Waals surface area contributed by atoms with Gasteiger partial charge in [0.1, 0.15) is 0 Å². The van der Waals surface area contributed by atoms with E-state index >= 15 is 0 Å². The van der Waals surface area contributed by atoms with Crippen molar-refractivity contribution in [2.24, 2.45) is 0 Å². The number of carbonyl (C=O) groups excluding carboxylic acids is 1. The van der Waals surface area contributed by atoms with Gasteiger partial charge in [-0.1, -0.05) is 6.07 Å². The molecule has 0 atom stereocenters. The summed E-state index contributed by atoms with van der Waals surface area (Å²) < 4.78 is 0. The second-order valence-electron chi connectivity index (χ2n) is 5.96. The topological polar surface area (TPSA) is 36.4 Å². The Kier molecular flexibility index (Phi) is 3.29. The van der Waals surface area contributed by atoms with E-state index in [1.54, 1.807) is 12.4 Å². The molecule has 22 heavy (non-hydrogen) atoms.